The molecule has 6 nitrogen and oxygen atoms in total. The van der Waals surface area contributed by atoms with Crippen molar-refractivity contribution in [1.82, 2.24) is 16.0 Å². The van der Waals surface area contributed by atoms with E-state index in [0.29, 0.717) is 18.9 Å². The van der Waals surface area contributed by atoms with E-state index in [0.717, 1.165) is 25.7 Å². The molecule has 164 valence electrons. The van der Waals surface area contributed by atoms with Gasteiger partial charge in [-0.25, -0.2) is 0 Å². The Morgan fingerprint density at radius 3 is 2.53 bits per heavy atom. The molecule has 0 heterocycles. The Morgan fingerprint density at radius 1 is 1.27 bits per heavy atom. The number of nitrogens with one attached hydrogen (secondary N) is 3. The molecule has 0 aliphatic rings. The number of guanidine groups is 1. The third-order valence-corrected chi connectivity index (χ3v) is 5.29. The summed E-state index contributed by atoms with van der Waals surface area (Å²) in [4.78, 5) is 16.5. The molecular weight excluding hydrogens is 374 g/mol. The lowest BCUT2D eigenvalue weighted by molar-refractivity contribution is -0.129. The molecule has 0 fully saturated rings. The predicted molar refractivity (Wildman–Crippen MR) is 124 cm³/mol. The van der Waals surface area contributed by atoms with Gasteiger partial charge in [0.05, 0.1) is 0 Å². The van der Waals surface area contributed by atoms with Crippen LogP contribution in [-0.4, -0.2) is 31.5 Å². The summed E-state index contributed by atoms with van der Waals surface area (Å²) in [5.41, 5.74) is 0.749. The summed E-state index contributed by atoms with van der Waals surface area (Å²) in [5, 5.41) is 18.3. The fraction of sp³-hybridized carbons (Fsp3) is 0.542. The zero-order valence-electron chi connectivity index (χ0n) is 18.9. The topological polar surface area (TPSA) is 89.3 Å². The van der Waals surface area contributed by atoms with E-state index in [1.54, 1.807) is 13.1 Å². The molecule has 1 aromatic carbocycles. The van der Waals surface area contributed by atoms with Crippen molar-refractivity contribution in [2.75, 3.05) is 13.6 Å². The van der Waals surface area contributed by atoms with Gasteiger partial charge in [0.2, 0.25) is 18.1 Å². The number of allylic oxidation sites excluding steroid dienone is 1. The van der Waals surface area contributed by atoms with E-state index in [4.69, 9.17) is 5.26 Å². The third-order valence-electron chi connectivity index (χ3n) is 5.29. The van der Waals surface area contributed by atoms with Gasteiger partial charge in [-0.3, -0.25) is 4.79 Å². The number of benzene rings is 1. The summed E-state index contributed by atoms with van der Waals surface area (Å²) in [5.74, 6) is 0.749. The molecule has 1 aromatic rings. The SMILES string of the molecule is C=CCC(C)(C)C(=O)NC[C@@H](CC[C@@H](CCC)N/C(=N/C#N)NC)c1ccccc1. The molecular formula is C24H37N5O. The van der Waals surface area contributed by atoms with Crippen molar-refractivity contribution in [1.29, 1.82) is 5.26 Å². The number of rotatable bonds is 12. The summed E-state index contributed by atoms with van der Waals surface area (Å²) in [6.07, 6.45) is 8.08. The highest BCUT2D eigenvalue weighted by Gasteiger charge is 2.26. The molecule has 30 heavy (non-hydrogen) atoms. The van der Waals surface area contributed by atoms with Gasteiger partial charge in [0.25, 0.3) is 0 Å². The summed E-state index contributed by atoms with van der Waals surface area (Å²) in [7, 11) is 1.75. The van der Waals surface area contributed by atoms with Gasteiger partial charge in [0, 0.05) is 31.0 Å². The fourth-order valence-electron chi connectivity index (χ4n) is 3.46. The molecule has 1 amide bonds. The van der Waals surface area contributed by atoms with Crippen molar-refractivity contribution >= 4 is 11.9 Å². The Labute approximate surface area is 181 Å². The van der Waals surface area contributed by atoms with Gasteiger partial charge >= 0.3 is 0 Å². The van der Waals surface area contributed by atoms with Crippen LogP contribution in [-0.2, 0) is 4.79 Å². The second-order valence-corrected chi connectivity index (χ2v) is 8.21. The first-order valence-corrected chi connectivity index (χ1v) is 10.7. The van der Waals surface area contributed by atoms with Gasteiger partial charge < -0.3 is 16.0 Å². The van der Waals surface area contributed by atoms with Crippen molar-refractivity contribution in [3.05, 3.63) is 48.6 Å². The Morgan fingerprint density at radius 2 is 1.97 bits per heavy atom. The predicted octanol–water partition coefficient (Wildman–Crippen LogP) is 4.08. The van der Waals surface area contributed by atoms with Crippen molar-refractivity contribution in [2.24, 2.45) is 10.4 Å². The molecule has 0 radical (unpaired) electrons. The van der Waals surface area contributed by atoms with E-state index < -0.39 is 5.41 Å². The second kappa shape index (κ2) is 13.4. The summed E-state index contributed by atoms with van der Waals surface area (Å²) >= 11 is 0. The average Bonchev–Trinajstić information content (AvgIpc) is 2.73. The van der Waals surface area contributed by atoms with Gasteiger partial charge in [0.1, 0.15) is 0 Å². The van der Waals surface area contributed by atoms with Crippen molar-refractivity contribution in [3.63, 3.8) is 0 Å². The van der Waals surface area contributed by atoms with Crippen LogP contribution >= 0.6 is 0 Å². The number of hydrogen-bond donors (Lipinski definition) is 3. The maximum atomic E-state index is 12.7. The van der Waals surface area contributed by atoms with Crippen LogP contribution in [0.15, 0.2) is 48.0 Å². The minimum absolute atomic E-state index is 0.0465. The summed E-state index contributed by atoms with van der Waals surface area (Å²) < 4.78 is 0. The number of nitriles is 1. The van der Waals surface area contributed by atoms with E-state index in [2.05, 4.69) is 46.6 Å². The van der Waals surface area contributed by atoms with Gasteiger partial charge in [-0.15, -0.1) is 11.6 Å². The third kappa shape index (κ3) is 8.69. The number of carbonyl (C=O) groups excluding carboxylic acids is 1. The molecule has 0 spiro atoms. The molecule has 0 unspecified atom stereocenters. The smallest absolute Gasteiger partial charge is 0.225 e. The quantitative estimate of drug-likeness (QED) is 0.209. The van der Waals surface area contributed by atoms with Crippen LogP contribution in [0.2, 0.25) is 0 Å². The van der Waals surface area contributed by atoms with Crippen molar-refractivity contribution in [3.8, 4) is 6.19 Å². The zero-order valence-corrected chi connectivity index (χ0v) is 18.9. The highest BCUT2D eigenvalue weighted by atomic mass is 16.2. The first-order valence-electron chi connectivity index (χ1n) is 10.7. The first kappa shape index (κ1) is 25.2. The lowest BCUT2D eigenvalue weighted by Crippen LogP contribution is -2.42. The zero-order chi connectivity index (χ0) is 22.4. The molecule has 3 N–H and O–H groups in total. The maximum Gasteiger partial charge on any atom is 0.225 e. The minimum atomic E-state index is -0.468. The van der Waals surface area contributed by atoms with Gasteiger partial charge in [0.15, 0.2) is 0 Å². The normalized spacial score (nSPS) is 13.6. The van der Waals surface area contributed by atoms with E-state index in [9.17, 15) is 4.79 Å². The van der Waals surface area contributed by atoms with E-state index >= 15 is 0 Å². The van der Waals surface area contributed by atoms with Gasteiger partial charge in [-0.2, -0.15) is 5.26 Å². The molecule has 0 aliphatic heterocycles. The number of nitrogens with zero attached hydrogens (tertiary/aromatic N) is 2. The van der Waals surface area contributed by atoms with E-state index in [-0.39, 0.29) is 17.9 Å². The van der Waals surface area contributed by atoms with Crippen LogP contribution in [0.25, 0.3) is 0 Å². The molecule has 1 rings (SSSR count). The molecule has 0 bridgehead atoms. The standard InChI is InChI=1S/C24H37N5O/c1-6-11-21(29-23(26-5)28-18-25)15-14-20(19-12-9-8-10-13-19)17-27-22(30)24(3,4)16-7-2/h7-10,12-13,20-21H,2,6,11,14-17H2,1,3-5H3,(H,27,30)(H2,26,28,29)/t20-,21-/m1/s1. The Bertz CT molecular complexity index is 721. The van der Waals surface area contributed by atoms with Crippen LogP contribution in [0.5, 0.6) is 0 Å². The molecule has 0 aromatic heterocycles. The lowest BCUT2D eigenvalue weighted by Gasteiger charge is -2.26. The Kier molecular flexibility index (Phi) is 11.3. The van der Waals surface area contributed by atoms with Gasteiger partial charge in [-0.05, 0) is 31.2 Å². The van der Waals surface area contributed by atoms with Crippen molar-refractivity contribution in [2.45, 2.75) is 64.8 Å². The molecule has 0 saturated carbocycles. The average molecular weight is 412 g/mol. The van der Waals surface area contributed by atoms with E-state index in [1.165, 1.54) is 5.56 Å². The van der Waals surface area contributed by atoms with Crippen LogP contribution in [0, 0.1) is 16.9 Å². The van der Waals surface area contributed by atoms with Crippen LogP contribution in [0.1, 0.15) is 64.4 Å². The number of aliphatic imine (C=N–C) groups is 1. The Hall–Kier alpha value is -2.81. The minimum Gasteiger partial charge on any atom is -0.359 e. The number of hydrogen-bond acceptors (Lipinski definition) is 3. The number of amides is 1. The largest absolute Gasteiger partial charge is 0.359 e. The van der Waals surface area contributed by atoms with Crippen molar-refractivity contribution < 1.29 is 4.79 Å². The monoisotopic (exact) mass is 411 g/mol. The molecule has 0 aliphatic carbocycles. The Balaban J connectivity index is 2.85. The fourth-order valence-corrected chi connectivity index (χ4v) is 3.46. The highest BCUT2D eigenvalue weighted by Crippen LogP contribution is 2.25. The molecule has 2 atom stereocenters. The lowest BCUT2D eigenvalue weighted by atomic mass is 9.87. The first-order chi connectivity index (χ1) is 14.4. The molecule has 6 heteroatoms. The number of carbonyl (C=O) groups is 1. The summed E-state index contributed by atoms with van der Waals surface area (Å²) in [6.45, 7) is 10.4. The second-order valence-electron chi connectivity index (χ2n) is 8.21. The van der Waals surface area contributed by atoms with Crippen LogP contribution < -0.4 is 16.0 Å². The molecule has 0 saturated heterocycles. The highest BCUT2D eigenvalue weighted by molar-refractivity contribution is 5.82. The van der Waals surface area contributed by atoms with Crippen LogP contribution in [0.3, 0.4) is 0 Å². The van der Waals surface area contributed by atoms with Crippen LogP contribution in [0.4, 0.5) is 0 Å². The van der Waals surface area contributed by atoms with Gasteiger partial charge in [-0.1, -0.05) is 63.6 Å². The summed E-state index contributed by atoms with van der Waals surface area (Å²) in [6, 6.07) is 10.5. The maximum absolute atomic E-state index is 12.7. The van der Waals surface area contributed by atoms with E-state index in [1.807, 2.05) is 38.2 Å².